The first-order valence-corrected chi connectivity index (χ1v) is 25.2. The topological polar surface area (TPSA) is 30.1 Å². The van der Waals surface area contributed by atoms with Crippen LogP contribution in [-0.2, 0) is 16.2 Å². The molecule has 2 aliphatic rings. The van der Waals surface area contributed by atoms with Gasteiger partial charge in [0.1, 0.15) is 11.2 Å². The molecule has 0 spiro atoms. The van der Waals surface area contributed by atoms with E-state index in [0.717, 1.165) is 40.8 Å². The first kappa shape index (κ1) is 38.9. The summed E-state index contributed by atoms with van der Waals surface area (Å²) in [4.78, 5) is 0. The van der Waals surface area contributed by atoms with Crippen LogP contribution in [0, 0.1) is 0 Å². The second kappa shape index (κ2) is 13.2. The van der Waals surface area contributed by atoms with Gasteiger partial charge in [-0.05, 0) is 129 Å². The van der Waals surface area contributed by atoms with Gasteiger partial charge in [0.05, 0.1) is 5.52 Å². The molecular formula is C60H49BN2OS2. The van der Waals surface area contributed by atoms with E-state index in [4.69, 9.17) is 4.42 Å². The van der Waals surface area contributed by atoms with Crippen LogP contribution in [0.1, 0.15) is 78.0 Å². The van der Waals surface area contributed by atoms with E-state index in [1.807, 2.05) is 22.7 Å². The van der Waals surface area contributed by atoms with Crippen molar-refractivity contribution in [2.45, 2.75) is 77.6 Å². The summed E-state index contributed by atoms with van der Waals surface area (Å²) in [5.41, 5.74) is 17.4. The Morgan fingerprint density at radius 1 is 0.561 bits per heavy atom. The number of fused-ring (bicyclic) bond motifs is 15. The van der Waals surface area contributed by atoms with Gasteiger partial charge in [0.25, 0.3) is 0 Å². The van der Waals surface area contributed by atoms with Crippen LogP contribution in [0.15, 0.2) is 138 Å². The van der Waals surface area contributed by atoms with E-state index in [2.05, 4.69) is 192 Å². The van der Waals surface area contributed by atoms with E-state index in [0.29, 0.717) is 0 Å². The van der Waals surface area contributed by atoms with Crippen molar-refractivity contribution in [1.29, 1.82) is 0 Å². The molecule has 1 aliphatic carbocycles. The first-order chi connectivity index (χ1) is 31.8. The molecule has 66 heavy (non-hydrogen) atoms. The molecule has 1 N–H and O–H groups in total. The molecule has 3 nitrogen and oxygen atoms in total. The lowest BCUT2D eigenvalue weighted by Gasteiger charge is -2.41. The number of hydrogen-bond donors (Lipinski definition) is 1. The summed E-state index contributed by atoms with van der Waals surface area (Å²) in [7, 11) is 0.824. The maximum absolute atomic E-state index is 7.02. The zero-order valence-electron chi connectivity index (χ0n) is 38.5. The molecule has 14 rings (SSSR count). The van der Waals surface area contributed by atoms with Crippen molar-refractivity contribution >= 4 is 136 Å². The number of rotatable bonds is 3. The van der Waals surface area contributed by atoms with Gasteiger partial charge in [-0.25, -0.2) is 0 Å². The van der Waals surface area contributed by atoms with Crippen molar-refractivity contribution in [1.82, 2.24) is 4.57 Å². The van der Waals surface area contributed by atoms with Crippen LogP contribution in [-0.4, -0.2) is 11.8 Å². The molecular weight excluding hydrogens is 840 g/mol. The number of hydrogen-bond acceptors (Lipinski definition) is 4. The molecule has 0 amide bonds. The van der Waals surface area contributed by atoms with E-state index in [-0.39, 0.29) is 16.2 Å². The highest BCUT2D eigenvalue weighted by Gasteiger charge is 2.38. The van der Waals surface area contributed by atoms with Crippen LogP contribution in [0.4, 0.5) is 11.4 Å². The van der Waals surface area contributed by atoms with Gasteiger partial charge in [0.15, 0.2) is 7.28 Å². The van der Waals surface area contributed by atoms with Gasteiger partial charge in [0, 0.05) is 84.6 Å². The number of furan rings is 1. The summed E-state index contributed by atoms with van der Waals surface area (Å²) < 4.78 is 15.0. The van der Waals surface area contributed by atoms with Crippen LogP contribution >= 0.6 is 22.7 Å². The number of aromatic nitrogens is 1. The highest BCUT2D eigenvalue weighted by Crippen LogP contribution is 2.50. The number of anilines is 2. The predicted octanol–water partition coefficient (Wildman–Crippen LogP) is 16.2. The highest BCUT2D eigenvalue weighted by molar-refractivity contribution is 7.26. The molecule has 0 radical (unpaired) electrons. The lowest BCUT2D eigenvalue weighted by molar-refractivity contribution is 0.332. The summed E-state index contributed by atoms with van der Waals surface area (Å²) in [5, 5.41) is 14.3. The fraction of sp³-hybridized carbons (Fsp3) is 0.200. The molecule has 6 heteroatoms. The second-order valence-electron chi connectivity index (χ2n) is 21.6. The standard InChI is InChI=1S/C60H49BN2OS2/c1-58(2,3)32-16-18-33(19-17-32)62-47-26-41-40-24-44-45(60(6,7)23-22-59(44,4)5)30-51(40)64-50(41)28-38(47)36-20-21-37-39-29-54-43(35-13-9-11-15-53(35)65-54)27-48(39)63-49-31-55-42(25-46(49)61-56(36)57(37)63)34-12-8-10-14-52(34)66-55/h8-21,24-31,61-62H,22-23H2,1-7H3. The number of nitrogens with zero attached hydrogens (tertiary/aromatic N) is 1. The summed E-state index contributed by atoms with van der Waals surface area (Å²) >= 11 is 3.80. The molecule has 0 saturated heterocycles. The molecule has 1 aliphatic heterocycles. The Kier molecular flexibility index (Phi) is 7.77. The Morgan fingerprint density at radius 2 is 1.20 bits per heavy atom. The fourth-order valence-electron chi connectivity index (χ4n) is 11.8. The SMILES string of the molecule is CC(C)(C)c1ccc(Nc2cc3c(cc2-c2ccc4c5cc6sc7ccccc7c6cc5n5c4c2Bc2cc4c(cc2-5)sc2ccccc24)oc2cc4c(cc23)C(C)(C)CCC4(C)C)cc1. The minimum atomic E-state index is 0.0652. The van der Waals surface area contributed by atoms with Crippen molar-refractivity contribution in [3.8, 4) is 16.8 Å². The Balaban J connectivity index is 1.06. The third-order valence-electron chi connectivity index (χ3n) is 15.6. The highest BCUT2D eigenvalue weighted by atomic mass is 32.1. The normalized spacial score (nSPS) is 15.4. The third-order valence-corrected chi connectivity index (χ3v) is 17.9. The van der Waals surface area contributed by atoms with E-state index in [9.17, 15) is 0 Å². The van der Waals surface area contributed by atoms with Gasteiger partial charge in [-0.15, -0.1) is 22.7 Å². The quantitative estimate of drug-likeness (QED) is 0.179. The van der Waals surface area contributed by atoms with Crippen molar-refractivity contribution in [3.63, 3.8) is 0 Å². The average molecular weight is 889 g/mol. The third kappa shape index (κ3) is 5.49. The van der Waals surface area contributed by atoms with E-state index < -0.39 is 0 Å². The molecule has 0 fully saturated rings. The monoisotopic (exact) mass is 888 g/mol. The smallest absolute Gasteiger partial charge is 0.198 e. The van der Waals surface area contributed by atoms with Crippen LogP contribution < -0.4 is 16.2 Å². The molecule has 0 atom stereocenters. The second-order valence-corrected chi connectivity index (χ2v) is 23.8. The molecule has 4 aromatic heterocycles. The lowest BCUT2D eigenvalue weighted by atomic mass is 9.59. The Labute approximate surface area is 392 Å². The minimum Gasteiger partial charge on any atom is -0.456 e. The van der Waals surface area contributed by atoms with Crippen molar-refractivity contribution in [3.05, 3.63) is 150 Å². The maximum Gasteiger partial charge on any atom is 0.198 e. The molecule has 0 bridgehead atoms. The van der Waals surface area contributed by atoms with Gasteiger partial charge in [-0.1, -0.05) is 121 Å². The van der Waals surface area contributed by atoms with Gasteiger partial charge in [-0.2, -0.15) is 0 Å². The molecule has 320 valence electrons. The Bertz CT molecular complexity index is 4090. The lowest BCUT2D eigenvalue weighted by Crippen LogP contribution is -2.37. The molecule has 0 unspecified atom stereocenters. The van der Waals surface area contributed by atoms with E-state index in [1.54, 1.807) is 0 Å². The summed E-state index contributed by atoms with van der Waals surface area (Å²) in [6, 6.07) is 51.1. The Hall–Kier alpha value is -6.34. The first-order valence-electron chi connectivity index (χ1n) is 23.6. The van der Waals surface area contributed by atoms with Crippen LogP contribution in [0.2, 0.25) is 0 Å². The number of benzene rings is 8. The molecule has 5 heterocycles. The summed E-state index contributed by atoms with van der Waals surface area (Å²) in [5.74, 6) is 0. The van der Waals surface area contributed by atoms with Crippen molar-refractivity contribution in [2.75, 3.05) is 5.32 Å². The molecule has 8 aromatic carbocycles. The average Bonchev–Trinajstić information content (AvgIpc) is 4.05. The zero-order valence-corrected chi connectivity index (χ0v) is 40.1. The predicted molar refractivity (Wildman–Crippen MR) is 289 cm³/mol. The van der Waals surface area contributed by atoms with Crippen LogP contribution in [0.3, 0.4) is 0 Å². The summed E-state index contributed by atoms with van der Waals surface area (Å²) in [6.45, 7) is 16.5. The zero-order chi connectivity index (χ0) is 44.6. The minimum absolute atomic E-state index is 0.0652. The van der Waals surface area contributed by atoms with E-state index >= 15 is 0 Å². The number of thiophene rings is 2. The Morgan fingerprint density at radius 3 is 1.91 bits per heavy atom. The molecule has 12 aromatic rings. The van der Waals surface area contributed by atoms with Crippen molar-refractivity contribution in [2.24, 2.45) is 0 Å². The van der Waals surface area contributed by atoms with Crippen LogP contribution in [0.5, 0.6) is 0 Å². The summed E-state index contributed by atoms with van der Waals surface area (Å²) in [6.07, 6.45) is 2.34. The van der Waals surface area contributed by atoms with Crippen molar-refractivity contribution < 1.29 is 4.42 Å². The van der Waals surface area contributed by atoms with Gasteiger partial charge < -0.3 is 14.3 Å². The van der Waals surface area contributed by atoms with E-state index in [1.165, 1.54) is 119 Å². The maximum atomic E-state index is 7.02. The fourth-order valence-corrected chi connectivity index (χ4v) is 14.1. The van der Waals surface area contributed by atoms with Crippen LogP contribution in [0.25, 0.3) is 101 Å². The van der Waals surface area contributed by atoms with Gasteiger partial charge >= 0.3 is 0 Å². The van der Waals surface area contributed by atoms with Gasteiger partial charge in [0.2, 0.25) is 0 Å². The molecule has 0 saturated carbocycles. The van der Waals surface area contributed by atoms with Gasteiger partial charge in [-0.3, -0.25) is 0 Å². The largest absolute Gasteiger partial charge is 0.456 e. The number of nitrogens with one attached hydrogen (secondary N) is 1.